The van der Waals surface area contributed by atoms with Gasteiger partial charge in [0.2, 0.25) is 0 Å². The van der Waals surface area contributed by atoms with E-state index in [0.29, 0.717) is 48.5 Å². The third-order valence-corrected chi connectivity index (χ3v) is 3.74. The molecule has 2 N–H and O–H groups in total. The van der Waals surface area contributed by atoms with E-state index < -0.39 is 0 Å². The Hall–Kier alpha value is -1.33. The fourth-order valence-corrected chi connectivity index (χ4v) is 2.96. The Morgan fingerprint density at radius 3 is 2.30 bits per heavy atom. The largest absolute Gasteiger partial charge is 0.450 e. The maximum absolute atomic E-state index is 11.6. The van der Waals surface area contributed by atoms with Crippen molar-refractivity contribution in [3.8, 4) is 0 Å². The Morgan fingerprint density at radius 1 is 1.25 bits per heavy atom. The van der Waals surface area contributed by atoms with Crippen molar-refractivity contribution in [1.29, 1.82) is 0 Å². The molecule has 2 rings (SSSR count). The SMILES string of the molecule is CCOC(=O)N1CCN(c2c(Cl)cc(N)cc2Cl)CC1. The molecule has 7 heteroatoms. The van der Waals surface area contributed by atoms with Crippen LogP contribution < -0.4 is 10.6 Å². The highest BCUT2D eigenvalue weighted by Gasteiger charge is 2.24. The highest BCUT2D eigenvalue weighted by atomic mass is 35.5. The summed E-state index contributed by atoms with van der Waals surface area (Å²) in [6, 6.07) is 3.36. The lowest BCUT2D eigenvalue weighted by Crippen LogP contribution is -2.49. The molecule has 1 aliphatic rings. The first-order chi connectivity index (χ1) is 9.52. The standard InChI is InChI=1S/C13H17Cl2N3O2/c1-2-20-13(19)18-5-3-17(4-6-18)12-10(14)7-9(16)8-11(12)15/h7-8H,2-6,16H2,1H3. The molecule has 0 spiro atoms. The van der Waals surface area contributed by atoms with Gasteiger partial charge in [0, 0.05) is 31.9 Å². The number of halogens is 2. The van der Waals surface area contributed by atoms with Crippen LogP contribution in [0.1, 0.15) is 6.92 Å². The van der Waals surface area contributed by atoms with Crippen LogP contribution in [-0.4, -0.2) is 43.8 Å². The molecule has 1 heterocycles. The summed E-state index contributed by atoms with van der Waals surface area (Å²) in [5.74, 6) is 0. The molecule has 1 saturated heterocycles. The number of carbonyl (C=O) groups excluding carboxylic acids is 1. The molecule has 0 saturated carbocycles. The van der Waals surface area contributed by atoms with E-state index in [4.69, 9.17) is 33.7 Å². The number of ether oxygens (including phenoxy) is 1. The number of piperazine rings is 1. The number of hydrogen-bond acceptors (Lipinski definition) is 4. The second-order valence-corrected chi connectivity index (χ2v) is 5.32. The van der Waals surface area contributed by atoms with E-state index in [1.54, 1.807) is 24.0 Å². The third-order valence-electron chi connectivity index (χ3n) is 3.16. The van der Waals surface area contributed by atoms with Crippen LogP contribution in [-0.2, 0) is 4.74 Å². The zero-order valence-electron chi connectivity index (χ0n) is 11.2. The van der Waals surface area contributed by atoms with Crippen molar-refractivity contribution in [2.75, 3.05) is 43.4 Å². The van der Waals surface area contributed by atoms with Gasteiger partial charge in [0.15, 0.2) is 0 Å². The van der Waals surface area contributed by atoms with Crippen LogP contribution in [0, 0.1) is 0 Å². The molecule has 0 aliphatic carbocycles. The Balaban J connectivity index is 2.06. The van der Waals surface area contributed by atoms with E-state index in [2.05, 4.69) is 4.90 Å². The Morgan fingerprint density at radius 2 is 1.80 bits per heavy atom. The molecular weight excluding hydrogens is 301 g/mol. The molecule has 1 fully saturated rings. The summed E-state index contributed by atoms with van der Waals surface area (Å²) < 4.78 is 4.99. The highest BCUT2D eigenvalue weighted by Crippen LogP contribution is 2.36. The molecule has 0 atom stereocenters. The van der Waals surface area contributed by atoms with Gasteiger partial charge in [-0.05, 0) is 19.1 Å². The number of carbonyl (C=O) groups is 1. The first-order valence-corrected chi connectivity index (χ1v) is 7.19. The molecule has 110 valence electrons. The van der Waals surface area contributed by atoms with E-state index >= 15 is 0 Å². The van der Waals surface area contributed by atoms with Crippen molar-refractivity contribution in [1.82, 2.24) is 4.90 Å². The minimum absolute atomic E-state index is 0.276. The zero-order chi connectivity index (χ0) is 14.7. The first-order valence-electron chi connectivity index (χ1n) is 6.44. The Kier molecular flexibility index (Phi) is 4.83. The quantitative estimate of drug-likeness (QED) is 0.852. The summed E-state index contributed by atoms with van der Waals surface area (Å²) in [6.45, 7) is 4.65. The molecule has 0 aromatic heterocycles. The van der Waals surface area contributed by atoms with E-state index in [0.717, 1.165) is 5.69 Å². The minimum atomic E-state index is -0.276. The molecule has 5 nitrogen and oxygen atoms in total. The summed E-state index contributed by atoms with van der Waals surface area (Å²) in [4.78, 5) is 15.4. The number of nitrogen functional groups attached to an aromatic ring is 1. The van der Waals surface area contributed by atoms with E-state index in [-0.39, 0.29) is 6.09 Å². The Labute approximate surface area is 128 Å². The lowest BCUT2D eigenvalue weighted by Gasteiger charge is -2.36. The van der Waals surface area contributed by atoms with Crippen molar-refractivity contribution in [3.05, 3.63) is 22.2 Å². The van der Waals surface area contributed by atoms with Crippen molar-refractivity contribution in [3.63, 3.8) is 0 Å². The van der Waals surface area contributed by atoms with Gasteiger partial charge in [-0.3, -0.25) is 0 Å². The van der Waals surface area contributed by atoms with Gasteiger partial charge in [0.05, 0.1) is 22.3 Å². The van der Waals surface area contributed by atoms with E-state index in [1.165, 1.54) is 0 Å². The number of nitrogens with two attached hydrogens (primary N) is 1. The lowest BCUT2D eigenvalue weighted by molar-refractivity contribution is 0.105. The molecule has 0 bridgehead atoms. The van der Waals surface area contributed by atoms with Crippen molar-refractivity contribution in [2.24, 2.45) is 0 Å². The van der Waals surface area contributed by atoms with Crippen LogP contribution in [0.4, 0.5) is 16.2 Å². The Bertz CT molecular complexity index is 479. The van der Waals surface area contributed by atoms with Crippen LogP contribution in [0.3, 0.4) is 0 Å². The number of nitrogens with zero attached hydrogens (tertiary/aromatic N) is 2. The van der Waals surface area contributed by atoms with Crippen LogP contribution in [0.5, 0.6) is 0 Å². The fraction of sp³-hybridized carbons (Fsp3) is 0.462. The molecule has 1 amide bonds. The van der Waals surface area contributed by atoms with Gasteiger partial charge in [0.1, 0.15) is 0 Å². The lowest BCUT2D eigenvalue weighted by atomic mass is 10.2. The van der Waals surface area contributed by atoms with Gasteiger partial charge in [0.25, 0.3) is 0 Å². The smallest absolute Gasteiger partial charge is 0.409 e. The fourth-order valence-electron chi connectivity index (χ4n) is 2.21. The van der Waals surface area contributed by atoms with Gasteiger partial charge in [-0.15, -0.1) is 0 Å². The van der Waals surface area contributed by atoms with Gasteiger partial charge >= 0.3 is 6.09 Å². The second kappa shape index (κ2) is 6.41. The summed E-state index contributed by atoms with van der Waals surface area (Å²) >= 11 is 12.4. The van der Waals surface area contributed by atoms with Gasteiger partial charge in [-0.25, -0.2) is 4.79 Å². The second-order valence-electron chi connectivity index (χ2n) is 4.51. The van der Waals surface area contributed by atoms with Crippen molar-refractivity contribution < 1.29 is 9.53 Å². The average molecular weight is 318 g/mol. The normalized spacial score (nSPS) is 15.3. The van der Waals surface area contributed by atoms with Crippen molar-refractivity contribution in [2.45, 2.75) is 6.92 Å². The predicted molar refractivity (Wildman–Crippen MR) is 81.7 cm³/mol. The first kappa shape index (κ1) is 15.1. The molecular formula is C13H17Cl2N3O2. The predicted octanol–water partition coefficient (Wildman–Crippen LogP) is 2.85. The average Bonchev–Trinajstić information content (AvgIpc) is 2.38. The molecule has 1 aromatic rings. The minimum Gasteiger partial charge on any atom is -0.450 e. The van der Waals surface area contributed by atoms with Gasteiger partial charge < -0.3 is 20.3 Å². The number of amides is 1. The highest BCUT2D eigenvalue weighted by molar-refractivity contribution is 6.39. The number of rotatable bonds is 2. The molecule has 1 aromatic carbocycles. The van der Waals surface area contributed by atoms with Gasteiger partial charge in [-0.1, -0.05) is 23.2 Å². The number of benzene rings is 1. The maximum atomic E-state index is 11.6. The summed E-state index contributed by atoms with van der Waals surface area (Å²) in [5.41, 5.74) is 7.00. The van der Waals surface area contributed by atoms with E-state index in [9.17, 15) is 4.79 Å². The summed E-state index contributed by atoms with van der Waals surface area (Å²) in [7, 11) is 0. The topological polar surface area (TPSA) is 58.8 Å². The zero-order valence-corrected chi connectivity index (χ0v) is 12.7. The third kappa shape index (κ3) is 3.22. The van der Waals surface area contributed by atoms with Gasteiger partial charge in [-0.2, -0.15) is 0 Å². The monoisotopic (exact) mass is 317 g/mol. The molecule has 0 radical (unpaired) electrons. The summed E-state index contributed by atoms with van der Waals surface area (Å²) in [5, 5.41) is 1.05. The summed E-state index contributed by atoms with van der Waals surface area (Å²) in [6.07, 6.45) is -0.276. The van der Waals surface area contributed by atoms with Crippen LogP contribution in [0.25, 0.3) is 0 Å². The van der Waals surface area contributed by atoms with Crippen LogP contribution >= 0.6 is 23.2 Å². The van der Waals surface area contributed by atoms with Crippen LogP contribution in [0.2, 0.25) is 10.0 Å². The molecule has 20 heavy (non-hydrogen) atoms. The maximum Gasteiger partial charge on any atom is 0.409 e. The number of anilines is 2. The van der Waals surface area contributed by atoms with Crippen molar-refractivity contribution >= 4 is 40.7 Å². The van der Waals surface area contributed by atoms with Crippen LogP contribution in [0.15, 0.2) is 12.1 Å². The molecule has 1 aliphatic heterocycles. The molecule has 0 unspecified atom stereocenters. The van der Waals surface area contributed by atoms with E-state index in [1.807, 2.05) is 0 Å². The number of hydrogen-bond donors (Lipinski definition) is 1.